The number of carbonyl (C=O) groups is 1. The lowest BCUT2D eigenvalue weighted by molar-refractivity contribution is -0.112. The van der Waals surface area contributed by atoms with E-state index in [1.807, 2.05) is 6.92 Å². The van der Waals surface area contributed by atoms with E-state index >= 15 is 0 Å². The molecule has 0 rings (SSSR count). The van der Waals surface area contributed by atoms with E-state index in [0.29, 0.717) is 0 Å². The molecule has 0 amide bonds. The van der Waals surface area contributed by atoms with E-state index in [1.165, 1.54) is 0 Å². The van der Waals surface area contributed by atoms with Crippen molar-refractivity contribution in [1.29, 1.82) is 0 Å². The van der Waals surface area contributed by atoms with Crippen molar-refractivity contribution in [2.75, 3.05) is 13.1 Å². The number of hydrogen-bond donors (Lipinski definition) is 0. The molecule has 2 heteroatoms. The molecule has 0 aromatic carbocycles. The van der Waals surface area contributed by atoms with Crippen molar-refractivity contribution in [3.63, 3.8) is 0 Å². The predicted molar refractivity (Wildman–Crippen MR) is 56.6 cm³/mol. The van der Waals surface area contributed by atoms with Crippen LogP contribution in [-0.2, 0) is 4.79 Å². The highest BCUT2D eigenvalue weighted by Crippen LogP contribution is 2.05. The van der Waals surface area contributed by atoms with Crippen molar-refractivity contribution in [1.82, 2.24) is 4.90 Å². The normalized spacial score (nSPS) is 11.5. The molecule has 2 nitrogen and oxygen atoms in total. The average Bonchev–Trinajstić information content (AvgIpc) is 2.02. The van der Waals surface area contributed by atoms with Crippen LogP contribution < -0.4 is 0 Å². The Morgan fingerprint density at radius 3 is 1.92 bits per heavy atom. The third-order valence-corrected chi connectivity index (χ3v) is 1.90. The summed E-state index contributed by atoms with van der Waals surface area (Å²) >= 11 is 0. The van der Waals surface area contributed by atoms with Gasteiger partial charge in [-0.2, -0.15) is 0 Å². The van der Waals surface area contributed by atoms with Crippen molar-refractivity contribution >= 4 is 5.78 Å². The summed E-state index contributed by atoms with van der Waals surface area (Å²) in [7, 11) is 0. The zero-order valence-corrected chi connectivity index (χ0v) is 9.26. The Kier molecular flexibility index (Phi) is 6.29. The van der Waals surface area contributed by atoms with Crippen molar-refractivity contribution in [2.45, 2.75) is 40.5 Å². The highest BCUT2D eigenvalue weighted by Gasteiger charge is 2.02. The van der Waals surface area contributed by atoms with Gasteiger partial charge >= 0.3 is 0 Å². The topological polar surface area (TPSA) is 20.3 Å². The molecule has 0 bridgehead atoms. The zero-order valence-electron chi connectivity index (χ0n) is 9.26. The number of hydrogen-bond acceptors (Lipinski definition) is 2. The first-order chi connectivity index (χ1) is 6.11. The van der Waals surface area contributed by atoms with Crippen LogP contribution in [0.1, 0.15) is 40.5 Å². The van der Waals surface area contributed by atoms with Crippen LogP contribution in [0.4, 0.5) is 0 Å². The molecular formula is C11H21NO. The van der Waals surface area contributed by atoms with Crippen LogP contribution in [0, 0.1) is 0 Å². The van der Waals surface area contributed by atoms with Gasteiger partial charge in [0, 0.05) is 18.8 Å². The van der Waals surface area contributed by atoms with E-state index in [2.05, 4.69) is 18.7 Å². The quantitative estimate of drug-likeness (QED) is 0.590. The van der Waals surface area contributed by atoms with Crippen LogP contribution in [0.5, 0.6) is 0 Å². The van der Waals surface area contributed by atoms with E-state index in [4.69, 9.17) is 0 Å². The minimum Gasteiger partial charge on any atom is -0.375 e. The second-order valence-corrected chi connectivity index (χ2v) is 3.38. The van der Waals surface area contributed by atoms with Gasteiger partial charge in [0.2, 0.25) is 0 Å². The van der Waals surface area contributed by atoms with Gasteiger partial charge in [0.25, 0.3) is 0 Å². The van der Waals surface area contributed by atoms with Crippen LogP contribution in [0.2, 0.25) is 0 Å². The minimum atomic E-state index is 0.134. The lowest BCUT2D eigenvalue weighted by atomic mass is 10.2. The van der Waals surface area contributed by atoms with Gasteiger partial charge < -0.3 is 4.90 Å². The van der Waals surface area contributed by atoms with Crippen molar-refractivity contribution < 1.29 is 4.79 Å². The van der Waals surface area contributed by atoms with Crippen LogP contribution in [-0.4, -0.2) is 23.8 Å². The van der Waals surface area contributed by atoms with Gasteiger partial charge in [-0.15, -0.1) is 0 Å². The van der Waals surface area contributed by atoms with Gasteiger partial charge in [0.05, 0.1) is 0 Å². The summed E-state index contributed by atoms with van der Waals surface area (Å²) in [5, 5.41) is 0. The molecule has 0 heterocycles. The second-order valence-electron chi connectivity index (χ2n) is 3.38. The maximum atomic E-state index is 10.9. The zero-order chi connectivity index (χ0) is 10.3. The first-order valence-electron chi connectivity index (χ1n) is 5.05. The first-order valence-corrected chi connectivity index (χ1v) is 5.05. The number of allylic oxidation sites excluding steroid dienone is 2. The van der Waals surface area contributed by atoms with Crippen LogP contribution in [0.25, 0.3) is 0 Å². The molecular weight excluding hydrogens is 162 g/mol. The summed E-state index contributed by atoms with van der Waals surface area (Å²) in [6.45, 7) is 10.0. The highest BCUT2D eigenvalue weighted by molar-refractivity contribution is 5.87. The Hall–Kier alpha value is -0.790. The van der Waals surface area contributed by atoms with Crippen LogP contribution in [0.3, 0.4) is 0 Å². The van der Waals surface area contributed by atoms with Gasteiger partial charge in [0.1, 0.15) is 0 Å². The van der Waals surface area contributed by atoms with E-state index in [9.17, 15) is 4.79 Å². The average molecular weight is 183 g/mol. The van der Waals surface area contributed by atoms with Gasteiger partial charge in [-0.3, -0.25) is 4.79 Å². The van der Waals surface area contributed by atoms with Crippen LogP contribution >= 0.6 is 0 Å². The third kappa shape index (κ3) is 5.45. The Labute approximate surface area is 81.6 Å². The lowest BCUT2D eigenvalue weighted by Crippen LogP contribution is -2.23. The van der Waals surface area contributed by atoms with Gasteiger partial charge in [-0.25, -0.2) is 0 Å². The number of rotatable bonds is 6. The largest absolute Gasteiger partial charge is 0.375 e. The maximum absolute atomic E-state index is 10.9. The van der Waals surface area contributed by atoms with Crippen LogP contribution in [0.15, 0.2) is 11.8 Å². The molecule has 0 unspecified atom stereocenters. The molecule has 0 saturated heterocycles. The second kappa shape index (κ2) is 6.70. The smallest absolute Gasteiger partial charge is 0.154 e. The molecule has 0 spiro atoms. The molecule has 13 heavy (non-hydrogen) atoms. The fourth-order valence-corrected chi connectivity index (χ4v) is 1.39. The Morgan fingerprint density at radius 2 is 1.62 bits per heavy atom. The van der Waals surface area contributed by atoms with E-state index in [-0.39, 0.29) is 5.78 Å². The molecule has 0 saturated carbocycles. The standard InChI is InChI=1S/C11H21NO/c1-5-7-12(8-6-2)10(3)9-11(4)13/h9H,5-8H2,1-4H3. The van der Waals surface area contributed by atoms with E-state index in [0.717, 1.165) is 31.6 Å². The molecule has 0 atom stereocenters. The molecule has 0 aliphatic rings. The Morgan fingerprint density at radius 1 is 1.15 bits per heavy atom. The first kappa shape index (κ1) is 12.2. The fraction of sp³-hybridized carbons (Fsp3) is 0.727. The third-order valence-electron chi connectivity index (χ3n) is 1.90. The van der Waals surface area contributed by atoms with Gasteiger partial charge in [0.15, 0.2) is 5.78 Å². The highest BCUT2D eigenvalue weighted by atomic mass is 16.1. The summed E-state index contributed by atoms with van der Waals surface area (Å²) < 4.78 is 0. The number of nitrogens with zero attached hydrogens (tertiary/aromatic N) is 1. The fourth-order valence-electron chi connectivity index (χ4n) is 1.39. The SMILES string of the molecule is CCCN(CCC)C(C)=CC(C)=O. The molecule has 0 radical (unpaired) electrons. The molecule has 0 aliphatic heterocycles. The molecule has 76 valence electrons. The van der Waals surface area contributed by atoms with Crippen molar-refractivity contribution in [3.8, 4) is 0 Å². The maximum Gasteiger partial charge on any atom is 0.154 e. The monoisotopic (exact) mass is 183 g/mol. The molecule has 0 aliphatic carbocycles. The van der Waals surface area contributed by atoms with Gasteiger partial charge in [-0.05, 0) is 32.8 Å². The van der Waals surface area contributed by atoms with E-state index < -0.39 is 0 Å². The van der Waals surface area contributed by atoms with Crippen molar-refractivity contribution in [3.05, 3.63) is 11.8 Å². The summed E-state index contributed by atoms with van der Waals surface area (Å²) in [5.41, 5.74) is 1.09. The summed E-state index contributed by atoms with van der Waals surface area (Å²) in [4.78, 5) is 13.1. The minimum absolute atomic E-state index is 0.134. The Bertz CT molecular complexity index is 179. The number of carbonyl (C=O) groups excluding carboxylic acids is 1. The van der Waals surface area contributed by atoms with E-state index in [1.54, 1.807) is 13.0 Å². The summed E-state index contributed by atoms with van der Waals surface area (Å²) in [6, 6.07) is 0. The van der Waals surface area contributed by atoms with Crippen molar-refractivity contribution in [2.24, 2.45) is 0 Å². The molecule has 0 fully saturated rings. The Balaban J connectivity index is 4.25. The summed E-state index contributed by atoms with van der Waals surface area (Å²) in [6.07, 6.45) is 3.97. The van der Waals surface area contributed by atoms with Gasteiger partial charge in [-0.1, -0.05) is 13.8 Å². The summed E-state index contributed by atoms with van der Waals surface area (Å²) in [5.74, 6) is 0.134. The predicted octanol–water partition coefficient (Wildman–Crippen LogP) is 2.60. The number of ketones is 1. The molecule has 0 aromatic heterocycles. The molecule has 0 aromatic rings. The lowest BCUT2D eigenvalue weighted by Gasteiger charge is -2.24. The molecule has 0 N–H and O–H groups in total.